The number of benzene rings is 2. The van der Waals surface area contributed by atoms with Gasteiger partial charge in [0.05, 0.1) is 31.3 Å². The SMILES string of the molecule is CCOc1ccc(C(=O)NCc2nc3ccccc3n2C)cc1OC. The summed E-state index contributed by atoms with van der Waals surface area (Å²) in [6.45, 7) is 2.78. The fourth-order valence-electron chi connectivity index (χ4n) is 2.70. The Hall–Kier alpha value is -3.02. The minimum absolute atomic E-state index is 0.187. The van der Waals surface area contributed by atoms with E-state index in [-0.39, 0.29) is 5.91 Å². The highest BCUT2D eigenvalue weighted by atomic mass is 16.5. The number of ether oxygens (including phenoxy) is 2. The number of aromatic nitrogens is 2. The molecule has 3 rings (SSSR count). The van der Waals surface area contributed by atoms with Crippen molar-refractivity contribution >= 4 is 16.9 Å². The number of amides is 1. The van der Waals surface area contributed by atoms with Crippen LogP contribution in [0, 0.1) is 0 Å². The lowest BCUT2D eigenvalue weighted by molar-refractivity contribution is 0.0949. The number of carbonyl (C=O) groups is 1. The van der Waals surface area contributed by atoms with Crippen LogP contribution in [-0.4, -0.2) is 29.2 Å². The Morgan fingerprint density at radius 2 is 2.00 bits per heavy atom. The molecule has 0 atom stereocenters. The molecule has 1 amide bonds. The average Bonchev–Trinajstić information content (AvgIpc) is 2.96. The summed E-state index contributed by atoms with van der Waals surface area (Å²) in [6.07, 6.45) is 0. The molecule has 0 unspecified atom stereocenters. The van der Waals surface area contributed by atoms with Gasteiger partial charge in [0, 0.05) is 12.6 Å². The zero-order valence-corrected chi connectivity index (χ0v) is 14.6. The number of carbonyl (C=O) groups excluding carboxylic acids is 1. The van der Waals surface area contributed by atoms with Gasteiger partial charge in [0.25, 0.3) is 5.91 Å². The molecule has 1 N–H and O–H groups in total. The van der Waals surface area contributed by atoms with Crippen LogP contribution in [0.4, 0.5) is 0 Å². The van der Waals surface area contributed by atoms with Gasteiger partial charge < -0.3 is 19.4 Å². The van der Waals surface area contributed by atoms with Crippen molar-refractivity contribution in [3.8, 4) is 11.5 Å². The molecule has 0 fully saturated rings. The lowest BCUT2D eigenvalue weighted by Gasteiger charge is -2.11. The maximum Gasteiger partial charge on any atom is 0.251 e. The summed E-state index contributed by atoms with van der Waals surface area (Å²) in [5.41, 5.74) is 2.46. The van der Waals surface area contributed by atoms with E-state index < -0.39 is 0 Å². The van der Waals surface area contributed by atoms with Crippen molar-refractivity contribution in [2.75, 3.05) is 13.7 Å². The van der Waals surface area contributed by atoms with Crippen molar-refractivity contribution in [1.82, 2.24) is 14.9 Å². The second-order valence-electron chi connectivity index (χ2n) is 5.56. The maximum absolute atomic E-state index is 12.4. The molecule has 0 bridgehead atoms. The predicted octanol–water partition coefficient (Wildman–Crippen LogP) is 2.91. The summed E-state index contributed by atoms with van der Waals surface area (Å²) < 4.78 is 12.7. The van der Waals surface area contributed by atoms with Crippen LogP contribution >= 0.6 is 0 Å². The molecule has 0 saturated carbocycles. The van der Waals surface area contributed by atoms with Gasteiger partial charge in [0.1, 0.15) is 5.82 Å². The van der Waals surface area contributed by atoms with Crippen molar-refractivity contribution in [3.63, 3.8) is 0 Å². The van der Waals surface area contributed by atoms with Gasteiger partial charge in [0.2, 0.25) is 0 Å². The number of imidazole rings is 1. The molecule has 1 heterocycles. The van der Waals surface area contributed by atoms with E-state index in [2.05, 4.69) is 10.3 Å². The Kier molecular flexibility index (Phi) is 4.88. The first-order valence-electron chi connectivity index (χ1n) is 8.13. The van der Waals surface area contributed by atoms with E-state index in [0.29, 0.717) is 30.2 Å². The molecule has 6 heteroatoms. The molecule has 0 saturated heterocycles. The first-order chi connectivity index (χ1) is 12.1. The monoisotopic (exact) mass is 339 g/mol. The van der Waals surface area contributed by atoms with E-state index in [9.17, 15) is 4.79 Å². The number of fused-ring (bicyclic) bond motifs is 1. The molecular weight excluding hydrogens is 318 g/mol. The summed E-state index contributed by atoms with van der Waals surface area (Å²) in [6, 6.07) is 13.0. The highest BCUT2D eigenvalue weighted by molar-refractivity contribution is 5.94. The van der Waals surface area contributed by atoms with Gasteiger partial charge >= 0.3 is 0 Å². The first-order valence-corrected chi connectivity index (χ1v) is 8.13. The van der Waals surface area contributed by atoms with E-state index in [1.165, 1.54) is 0 Å². The van der Waals surface area contributed by atoms with Crippen LogP contribution < -0.4 is 14.8 Å². The molecular formula is C19H21N3O3. The molecule has 1 aromatic heterocycles. The topological polar surface area (TPSA) is 65.4 Å². The van der Waals surface area contributed by atoms with Gasteiger partial charge in [-0.1, -0.05) is 12.1 Å². The zero-order valence-electron chi connectivity index (χ0n) is 14.6. The second-order valence-corrected chi connectivity index (χ2v) is 5.56. The molecule has 0 radical (unpaired) electrons. The molecule has 6 nitrogen and oxygen atoms in total. The molecule has 0 aliphatic heterocycles. The number of nitrogens with zero attached hydrogens (tertiary/aromatic N) is 2. The smallest absolute Gasteiger partial charge is 0.251 e. The average molecular weight is 339 g/mol. The number of nitrogens with one attached hydrogen (secondary N) is 1. The van der Waals surface area contributed by atoms with Crippen molar-refractivity contribution < 1.29 is 14.3 Å². The van der Waals surface area contributed by atoms with E-state index in [4.69, 9.17) is 9.47 Å². The van der Waals surface area contributed by atoms with Crippen LogP contribution in [0.2, 0.25) is 0 Å². The van der Waals surface area contributed by atoms with Gasteiger partial charge in [-0.15, -0.1) is 0 Å². The van der Waals surface area contributed by atoms with Gasteiger partial charge in [0.15, 0.2) is 11.5 Å². The Morgan fingerprint density at radius 3 is 2.72 bits per heavy atom. The minimum Gasteiger partial charge on any atom is -0.493 e. The first kappa shape index (κ1) is 16.8. The molecule has 0 aliphatic carbocycles. The Labute approximate surface area is 146 Å². The number of para-hydroxylation sites is 2. The lowest BCUT2D eigenvalue weighted by Crippen LogP contribution is -2.24. The molecule has 0 spiro atoms. The number of hydrogen-bond donors (Lipinski definition) is 1. The van der Waals surface area contributed by atoms with Crippen LogP contribution in [-0.2, 0) is 13.6 Å². The fraction of sp³-hybridized carbons (Fsp3) is 0.263. The lowest BCUT2D eigenvalue weighted by atomic mass is 10.2. The van der Waals surface area contributed by atoms with Crippen LogP contribution in [0.3, 0.4) is 0 Å². The highest BCUT2D eigenvalue weighted by Gasteiger charge is 2.13. The molecule has 0 aliphatic rings. The molecule has 2 aromatic carbocycles. The van der Waals surface area contributed by atoms with Crippen molar-refractivity contribution in [2.45, 2.75) is 13.5 Å². The van der Waals surface area contributed by atoms with Gasteiger partial charge in [-0.2, -0.15) is 0 Å². The third kappa shape index (κ3) is 3.42. The van der Waals surface area contributed by atoms with Crippen LogP contribution in [0.1, 0.15) is 23.1 Å². The number of methoxy groups -OCH3 is 1. The highest BCUT2D eigenvalue weighted by Crippen LogP contribution is 2.28. The van der Waals surface area contributed by atoms with Crippen molar-refractivity contribution in [3.05, 3.63) is 53.9 Å². The number of hydrogen-bond acceptors (Lipinski definition) is 4. The quantitative estimate of drug-likeness (QED) is 0.750. The maximum atomic E-state index is 12.4. The molecule has 130 valence electrons. The van der Waals surface area contributed by atoms with Crippen LogP contribution in [0.15, 0.2) is 42.5 Å². The third-order valence-corrected chi connectivity index (χ3v) is 4.01. The molecule has 25 heavy (non-hydrogen) atoms. The Morgan fingerprint density at radius 1 is 1.20 bits per heavy atom. The largest absolute Gasteiger partial charge is 0.493 e. The second kappa shape index (κ2) is 7.25. The Balaban J connectivity index is 1.74. The van der Waals surface area contributed by atoms with E-state index in [0.717, 1.165) is 16.9 Å². The van der Waals surface area contributed by atoms with E-state index >= 15 is 0 Å². The van der Waals surface area contributed by atoms with Gasteiger partial charge in [-0.3, -0.25) is 4.79 Å². The van der Waals surface area contributed by atoms with Crippen LogP contribution in [0.25, 0.3) is 11.0 Å². The van der Waals surface area contributed by atoms with Crippen LogP contribution in [0.5, 0.6) is 11.5 Å². The third-order valence-electron chi connectivity index (χ3n) is 4.01. The van der Waals surface area contributed by atoms with E-state index in [1.807, 2.05) is 42.8 Å². The fourth-order valence-corrected chi connectivity index (χ4v) is 2.70. The predicted molar refractivity (Wildman–Crippen MR) is 96.0 cm³/mol. The van der Waals surface area contributed by atoms with Crippen molar-refractivity contribution in [1.29, 1.82) is 0 Å². The Bertz CT molecular complexity index is 902. The minimum atomic E-state index is -0.187. The summed E-state index contributed by atoms with van der Waals surface area (Å²) in [5.74, 6) is 1.77. The van der Waals surface area contributed by atoms with Gasteiger partial charge in [-0.05, 0) is 37.3 Å². The van der Waals surface area contributed by atoms with E-state index in [1.54, 1.807) is 25.3 Å². The van der Waals surface area contributed by atoms with Gasteiger partial charge in [-0.25, -0.2) is 4.98 Å². The number of aryl methyl sites for hydroxylation is 1. The summed E-state index contributed by atoms with van der Waals surface area (Å²) in [7, 11) is 3.50. The van der Waals surface area contributed by atoms with Crippen molar-refractivity contribution in [2.24, 2.45) is 7.05 Å². The molecule has 3 aromatic rings. The standard InChI is InChI=1S/C19H21N3O3/c1-4-25-16-10-9-13(11-17(16)24-3)19(23)20-12-18-21-14-7-5-6-8-15(14)22(18)2/h5-11H,4,12H2,1-3H3,(H,20,23). The zero-order chi connectivity index (χ0) is 17.8. The summed E-state index contributed by atoms with van der Waals surface area (Å²) in [4.78, 5) is 17.0. The normalized spacial score (nSPS) is 10.7. The summed E-state index contributed by atoms with van der Waals surface area (Å²) in [5, 5.41) is 2.90. The summed E-state index contributed by atoms with van der Waals surface area (Å²) >= 11 is 0. The number of rotatable bonds is 6.